The third-order valence-corrected chi connectivity index (χ3v) is 4.62. The minimum absolute atomic E-state index is 0.0142. The number of ether oxygens (including phenoxy) is 1. The van der Waals surface area contributed by atoms with Crippen molar-refractivity contribution in [3.8, 4) is 5.75 Å². The number of nitrogens with zero attached hydrogens (tertiary/aromatic N) is 1. The van der Waals surface area contributed by atoms with Gasteiger partial charge < -0.3 is 9.84 Å². The molecule has 1 heterocycles. The van der Waals surface area contributed by atoms with Gasteiger partial charge in [0.1, 0.15) is 5.75 Å². The first-order chi connectivity index (χ1) is 10.8. The third-order valence-electron chi connectivity index (χ3n) is 4.62. The third kappa shape index (κ3) is 3.72. The van der Waals surface area contributed by atoms with Crippen molar-refractivity contribution in [2.45, 2.75) is 39.7 Å². The number of aryl methyl sites for hydroxylation is 2. The van der Waals surface area contributed by atoms with Crippen LogP contribution in [0.5, 0.6) is 5.75 Å². The number of carbonyl (C=O) groups excluding carboxylic acids is 1. The fraction of sp³-hybridized carbons (Fsp3) is 0.556. The summed E-state index contributed by atoms with van der Waals surface area (Å²) >= 11 is 0. The summed E-state index contributed by atoms with van der Waals surface area (Å²) in [6.07, 6.45) is 1.48. The van der Waals surface area contributed by atoms with E-state index in [0.29, 0.717) is 24.3 Å². The molecule has 0 saturated carbocycles. The molecule has 0 amide bonds. The molecular weight excluding hydrogens is 294 g/mol. The second kappa shape index (κ2) is 7.13. The number of Topliss-reactive ketones (excluding diaryl/α,β-unsaturated/α-hetero) is 1. The summed E-state index contributed by atoms with van der Waals surface area (Å²) in [4.78, 5) is 26.1. The second-order valence-electron chi connectivity index (χ2n) is 6.38. The highest BCUT2D eigenvalue weighted by molar-refractivity contribution is 6.02. The number of benzene rings is 1. The molecule has 2 rings (SSSR count). The van der Waals surface area contributed by atoms with Gasteiger partial charge in [-0.3, -0.25) is 14.5 Å². The quantitative estimate of drug-likeness (QED) is 0.845. The maximum absolute atomic E-state index is 12.9. The molecule has 2 atom stereocenters. The molecule has 0 aromatic heterocycles. The fourth-order valence-corrected chi connectivity index (χ4v) is 3.36. The molecular formula is C18H25NO4. The molecule has 1 aliphatic rings. The standard InChI is InChI=1S/C18H25NO4/c1-11-8-12(2)17(23-4)15(9-11)16(20)13(3)19-7-5-6-14(10-19)18(21)22/h8-9,13-14H,5-7,10H2,1-4H3,(H,21,22). The summed E-state index contributed by atoms with van der Waals surface area (Å²) < 4.78 is 5.42. The molecule has 23 heavy (non-hydrogen) atoms. The molecule has 0 bridgehead atoms. The van der Waals surface area contributed by atoms with Gasteiger partial charge in [-0.2, -0.15) is 0 Å². The Morgan fingerprint density at radius 2 is 2.04 bits per heavy atom. The zero-order valence-electron chi connectivity index (χ0n) is 14.3. The smallest absolute Gasteiger partial charge is 0.307 e. The van der Waals surface area contributed by atoms with Gasteiger partial charge in [-0.1, -0.05) is 6.07 Å². The van der Waals surface area contributed by atoms with Gasteiger partial charge in [-0.05, 0) is 57.4 Å². The maximum Gasteiger partial charge on any atom is 0.307 e. The number of piperidine rings is 1. The van der Waals surface area contributed by atoms with Crippen LogP contribution in [-0.2, 0) is 4.79 Å². The summed E-state index contributed by atoms with van der Waals surface area (Å²) in [6.45, 7) is 6.91. The van der Waals surface area contributed by atoms with E-state index in [4.69, 9.17) is 4.74 Å². The lowest BCUT2D eigenvalue weighted by Gasteiger charge is -2.34. The Hall–Kier alpha value is -1.88. The zero-order valence-corrected chi connectivity index (χ0v) is 14.3. The minimum Gasteiger partial charge on any atom is -0.496 e. The van der Waals surface area contributed by atoms with Crippen molar-refractivity contribution in [1.29, 1.82) is 0 Å². The molecule has 1 N–H and O–H groups in total. The van der Waals surface area contributed by atoms with Crippen molar-refractivity contribution in [2.24, 2.45) is 5.92 Å². The van der Waals surface area contributed by atoms with Crippen LogP contribution in [-0.4, -0.2) is 48.0 Å². The monoisotopic (exact) mass is 319 g/mol. The van der Waals surface area contributed by atoms with Gasteiger partial charge in [0.2, 0.25) is 0 Å². The first kappa shape index (κ1) is 17.5. The molecule has 5 nitrogen and oxygen atoms in total. The highest BCUT2D eigenvalue weighted by atomic mass is 16.5. The Morgan fingerprint density at radius 3 is 2.65 bits per heavy atom. The Kier molecular flexibility index (Phi) is 5.42. The number of likely N-dealkylation sites (tertiary alicyclic amines) is 1. The predicted molar refractivity (Wildman–Crippen MR) is 88.2 cm³/mol. The predicted octanol–water partition coefficient (Wildman–Crippen LogP) is 2.68. The van der Waals surface area contributed by atoms with Crippen LogP contribution < -0.4 is 4.74 Å². The summed E-state index contributed by atoms with van der Waals surface area (Å²) in [5, 5.41) is 9.22. The minimum atomic E-state index is -0.779. The van der Waals surface area contributed by atoms with Gasteiger partial charge >= 0.3 is 5.97 Å². The van der Waals surface area contributed by atoms with E-state index in [1.54, 1.807) is 7.11 Å². The number of hydrogen-bond acceptors (Lipinski definition) is 4. The largest absolute Gasteiger partial charge is 0.496 e. The number of rotatable bonds is 5. The van der Waals surface area contributed by atoms with Crippen LogP contribution in [0.25, 0.3) is 0 Å². The van der Waals surface area contributed by atoms with E-state index in [-0.39, 0.29) is 17.7 Å². The first-order valence-corrected chi connectivity index (χ1v) is 8.01. The molecule has 0 aliphatic carbocycles. The van der Waals surface area contributed by atoms with Crippen LogP contribution in [0.1, 0.15) is 41.3 Å². The molecule has 0 radical (unpaired) electrons. The fourth-order valence-electron chi connectivity index (χ4n) is 3.36. The number of hydrogen-bond donors (Lipinski definition) is 1. The lowest BCUT2D eigenvalue weighted by Crippen LogP contribution is -2.46. The van der Waals surface area contributed by atoms with Gasteiger partial charge in [0, 0.05) is 6.54 Å². The topological polar surface area (TPSA) is 66.8 Å². The number of carboxylic acids is 1. The summed E-state index contributed by atoms with van der Waals surface area (Å²) in [5.74, 6) is -0.572. The molecule has 1 aromatic rings. The number of methoxy groups -OCH3 is 1. The van der Waals surface area contributed by atoms with Gasteiger partial charge in [0.15, 0.2) is 5.78 Å². The molecule has 126 valence electrons. The van der Waals surface area contributed by atoms with Crippen molar-refractivity contribution in [2.75, 3.05) is 20.2 Å². The molecule has 2 unspecified atom stereocenters. The lowest BCUT2D eigenvalue weighted by atomic mass is 9.93. The Bertz CT molecular complexity index is 611. The second-order valence-corrected chi connectivity index (χ2v) is 6.38. The van der Waals surface area contributed by atoms with Crippen LogP contribution in [0.3, 0.4) is 0 Å². The van der Waals surface area contributed by atoms with Crippen LogP contribution >= 0.6 is 0 Å². The molecule has 0 spiro atoms. The van der Waals surface area contributed by atoms with Crippen molar-refractivity contribution >= 4 is 11.8 Å². The van der Waals surface area contributed by atoms with E-state index < -0.39 is 5.97 Å². The van der Waals surface area contributed by atoms with Crippen LogP contribution in [0.2, 0.25) is 0 Å². The molecule has 5 heteroatoms. The van der Waals surface area contributed by atoms with Crippen LogP contribution in [0.4, 0.5) is 0 Å². The van der Waals surface area contributed by atoms with E-state index in [1.807, 2.05) is 37.8 Å². The van der Waals surface area contributed by atoms with Crippen molar-refractivity contribution in [3.63, 3.8) is 0 Å². The van der Waals surface area contributed by atoms with E-state index in [0.717, 1.165) is 24.1 Å². The SMILES string of the molecule is COc1c(C)cc(C)cc1C(=O)C(C)N1CCCC(C(=O)O)C1. The number of carbonyl (C=O) groups is 2. The van der Waals surface area contributed by atoms with E-state index in [2.05, 4.69) is 0 Å². The lowest BCUT2D eigenvalue weighted by molar-refractivity contribution is -0.143. The summed E-state index contributed by atoms with van der Waals surface area (Å²) in [5.41, 5.74) is 2.53. The van der Waals surface area contributed by atoms with Gasteiger partial charge in [-0.25, -0.2) is 0 Å². The van der Waals surface area contributed by atoms with Gasteiger partial charge in [-0.15, -0.1) is 0 Å². The van der Waals surface area contributed by atoms with Crippen molar-refractivity contribution in [3.05, 3.63) is 28.8 Å². The van der Waals surface area contributed by atoms with Crippen molar-refractivity contribution in [1.82, 2.24) is 4.90 Å². The molecule has 1 aromatic carbocycles. The first-order valence-electron chi connectivity index (χ1n) is 8.01. The molecule has 1 aliphatic heterocycles. The average molecular weight is 319 g/mol. The number of carboxylic acid groups (broad SMARTS) is 1. The van der Waals surface area contributed by atoms with E-state index in [1.165, 1.54) is 0 Å². The summed E-state index contributed by atoms with van der Waals surface area (Å²) in [7, 11) is 1.57. The Labute approximate surface area is 137 Å². The Balaban J connectivity index is 2.24. The van der Waals surface area contributed by atoms with Gasteiger partial charge in [0.25, 0.3) is 0 Å². The highest BCUT2D eigenvalue weighted by Gasteiger charge is 2.32. The molecule has 1 saturated heterocycles. The van der Waals surface area contributed by atoms with Crippen molar-refractivity contribution < 1.29 is 19.4 Å². The van der Waals surface area contributed by atoms with Crippen LogP contribution in [0, 0.1) is 19.8 Å². The average Bonchev–Trinajstić information content (AvgIpc) is 2.52. The normalized spacial score (nSPS) is 20.1. The highest BCUT2D eigenvalue weighted by Crippen LogP contribution is 2.28. The Morgan fingerprint density at radius 1 is 1.35 bits per heavy atom. The van der Waals surface area contributed by atoms with E-state index >= 15 is 0 Å². The van der Waals surface area contributed by atoms with Crippen LogP contribution in [0.15, 0.2) is 12.1 Å². The van der Waals surface area contributed by atoms with E-state index in [9.17, 15) is 14.7 Å². The maximum atomic E-state index is 12.9. The molecule has 1 fully saturated rings. The number of ketones is 1. The summed E-state index contributed by atoms with van der Waals surface area (Å²) in [6, 6.07) is 3.48. The van der Waals surface area contributed by atoms with Gasteiger partial charge in [0.05, 0.1) is 24.6 Å². The number of aliphatic carboxylic acids is 1. The zero-order chi connectivity index (χ0) is 17.1.